The minimum Gasteiger partial charge on any atom is -0.385 e. The van der Waals surface area contributed by atoms with Crippen molar-refractivity contribution < 1.29 is 5.11 Å². The summed E-state index contributed by atoms with van der Waals surface area (Å²) in [4.78, 5) is 0. The van der Waals surface area contributed by atoms with E-state index in [2.05, 4.69) is 0 Å². The van der Waals surface area contributed by atoms with Crippen LogP contribution in [0, 0.1) is 0 Å². The van der Waals surface area contributed by atoms with Gasteiger partial charge in [-0.25, -0.2) is 0 Å². The van der Waals surface area contributed by atoms with Crippen molar-refractivity contribution >= 4 is 23.2 Å². The van der Waals surface area contributed by atoms with Crippen LogP contribution >= 0.6 is 23.2 Å². The fourth-order valence-electron chi connectivity index (χ4n) is 2.04. The van der Waals surface area contributed by atoms with E-state index in [9.17, 15) is 5.11 Å². The van der Waals surface area contributed by atoms with Crippen molar-refractivity contribution in [3.8, 4) is 0 Å². The smallest absolute Gasteiger partial charge is 0.0923 e. The Morgan fingerprint density at radius 2 is 1.78 bits per heavy atom. The highest BCUT2D eigenvalue weighted by atomic mass is 35.5. The van der Waals surface area contributed by atoms with Crippen molar-refractivity contribution in [2.24, 2.45) is 0 Å². The van der Waals surface area contributed by atoms with Gasteiger partial charge in [-0.05, 0) is 30.7 Å². The maximum absolute atomic E-state index is 10.6. The molecule has 0 aromatic heterocycles. The van der Waals surface area contributed by atoms with E-state index in [1.807, 2.05) is 42.5 Å². The first-order valence-corrected chi connectivity index (χ1v) is 6.46. The molecule has 2 rings (SSSR count). The first kappa shape index (κ1) is 13.4. The average molecular weight is 281 g/mol. The molecule has 0 spiro atoms. The summed E-state index contributed by atoms with van der Waals surface area (Å²) in [6.45, 7) is 1.76. The Morgan fingerprint density at radius 1 is 1.06 bits per heavy atom. The van der Waals surface area contributed by atoms with Gasteiger partial charge in [-0.1, -0.05) is 53.5 Å². The Balaban J connectivity index is 2.30. The molecule has 1 N–H and O–H groups in total. The molecule has 0 amide bonds. The van der Waals surface area contributed by atoms with Crippen LogP contribution in [0.2, 0.25) is 10.0 Å². The lowest BCUT2D eigenvalue weighted by atomic mass is 9.89. The lowest BCUT2D eigenvalue weighted by Gasteiger charge is -2.25. The Morgan fingerprint density at radius 3 is 2.44 bits per heavy atom. The van der Waals surface area contributed by atoms with Crippen LogP contribution in [0.25, 0.3) is 0 Å². The van der Waals surface area contributed by atoms with Gasteiger partial charge in [-0.3, -0.25) is 0 Å². The van der Waals surface area contributed by atoms with Crippen LogP contribution in [-0.4, -0.2) is 5.11 Å². The van der Waals surface area contributed by atoms with Gasteiger partial charge >= 0.3 is 0 Å². The zero-order valence-corrected chi connectivity index (χ0v) is 11.5. The molecular weight excluding hydrogens is 267 g/mol. The van der Waals surface area contributed by atoms with Gasteiger partial charge in [0.2, 0.25) is 0 Å². The highest BCUT2D eigenvalue weighted by Gasteiger charge is 2.25. The summed E-state index contributed by atoms with van der Waals surface area (Å²) in [7, 11) is 0. The van der Waals surface area contributed by atoms with Gasteiger partial charge in [0, 0.05) is 22.0 Å². The largest absolute Gasteiger partial charge is 0.385 e. The molecule has 18 heavy (non-hydrogen) atoms. The number of hydrogen-bond acceptors (Lipinski definition) is 1. The lowest BCUT2D eigenvalue weighted by Crippen LogP contribution is -2.24. The first-order valence-electron chi connectivity index (χ1n) is 5.71. The minimum absolute atomic E-state index is 0.470. The second-order valence-corrected chi connectivity index (χ2v) is 5.40. The first-order chi connectivity index (χ1) is 8.49. The summed E-state index contributed by atoms with van der Waals surface area (Å²) in [6, 6.07) is 14.8. The molecule has 0 saturated carbocycles. The third-order valence-corrected chi connectivity index (χ3v) is 3.46. The zero-order valence-electron chi connectivity index (χ0n) is 10.0. The monoisotopic (exact) mass is 280 g/mol. The second-order valence-electron chi connectivity index (χ2n) is 4.56. The fraction of sp³-hybridized carbons (Fsp3) is 0.200. The molecule has 1 unspecified atom stereocenters. The molecule has 0 aliphatic rings. The minimum atomic E-state index is -1.01. The molecule has 0 bridgehead atoms. The topological polar surface area (TPSA) is 20.2 Å². The standard InChI is InChI=1S/C15H14Cl2O/c1-15(18,13-7-2-3-8-14(13)17)10-11-5-4-6-12(16)9-11/h2-9,18H,10H2,1H3. The Bertz CT molecular complexity index is 550. The summed E-state index contributed by atoms with van der Waals surface area (Å²) in [5, 5.41) is 11.8. The number of aliphatic hydroxyl groups is 1. The summed E-state index contributed by atoms with van der Waals surface area (Å²) in [6.07, 6.45) is 0.470. The van der Waals surface area contributed by atoms with E-state index in [0.29, 0.717) is 16.5 Å². The lowest BCUT2D eigenvalue weighted by molar-refractivity contribution is 0.0577. The molecule has 2 aromatic carbocycles. The van der Waals surface area contributed by atoms with E-state index in [4.69, 9.17) is 23.2 Å². The van der Waals surface area contributed by atoms with Gasteiger partial charge in [-0.15, -0.1) is 0 Å². The van der Waals surface area contributed by atoms with E-state index in [1.165, 1.54) is 0 Å². The third kappa shape index (κ3) is 3.05. The molecule has 1 nitrogen and oxygen atoms in total. The number of hydrogen-bond donors (Lipinski definition) is 1. The maximum Gasteiger partial charge on any atom is 0.0923 e. The van der Waals surface area contributed by atoms with Gasteiger partial charge in [0.15, 0.2) is 0 Å². The van der Waals surface area contributed by atoms with E-state index < -0.39 is 5.60 Å². The summed E-state index contributed by atoms with van der Waals surface area (Å²) >= 11 is 12.1. The van der Waals surface area contributed by atoms with Crippen molar-refractivity contribution in [3.63, 3.8) is 0 Å². The van der Waals surface area contributed by atoms with Crippen molar-refractivity contribution in [1.29, 1.82) is 0 Å². The van der Waals surface area contributed by atoms with Crippen LogP contribution in [0.5, 0.6) is 0 Å². The highest BCUT2D eigenvalue weighted by molar-refractivity contribution is 6.31. The molecular formula is C15H14Cl2O. The quantitative estimate of drug-likeness (QED) is 0.881. The van der Waals surface area contributed by atoms with E-state index >= 15 is 0 Å². The van der Waals surface area contributed by atoms with Crippen LogP contribution in [0.15, 0.2) is 48.5 Å². The molecule has 0 heterocycles. The van der Waals surface area contributed by atoms with Gasteiger partial charge < -0.3 is 5.11 Å². The van der Waals surface area contributed by atoms with Gasteiger partial charge in [0.1, 0.15) is 0 Å². The maximum atomic E-state index is 10.6. The van der Waals surface area contributed by atoms with Crippen LogP contribution in [0.1, 0.15) is 18.1 Å². The molecule has 1 atom stereocenters. The van der Waals surface area contributed by atoms with Crippen molar-refractivity contribution in [1.82, 2.24) is 0 Å². The highest BCUT2D eigenvalue weighted by Crippen LogP contribution is 2.31. The Labute approximate surface area is 117 Å². The predicted molar refractivity (Wildman–Crippen MR) is 76.2 cm³/mol. The molecule has 0 aliphatic carbocycles. The van der Waals surface area contributed by atoms with E-state index in [-0.39, 0.29) is 0 Å². The third-order valence-electron chi connectivity index (χ3n) is 2.89. The van der Waals surface area contributed by atoms with E-state index in [1.54, 1.807) is 13.0 Å². The molecule has 0 fully saturated rings. The van der Waals surface area contributed by atoms with Crippen molar-refractivity contribution in [2.75, 3.05) is 0 Å². The molecule has 0 saturated heterocycles. The molecule has 3 heteroatoms. The number of halogens is 2. The van der Waals surface area contributed by atoms with Gasteiger partial charge in [-0.2, -0.15) is 0 Å². The second kappa shape index (κ2) is 5.31. The predicted octanol–water partition coefficient (Wildman–Crippen LogP) is 4.44. The van der Waals surface area contributed by atoms with Crippen LogP contribution in [0.4, 0.5) is 0 Å². The Hall–Kier alpha value is -1.02. The van der Waals surface area contributed by atoms with E-state index in [0.717, 1.165) is 11.1 Å². The van der Waals surface area contributed by atoms with Crippen LogP contribution < -0.4 is 0 Å². The Kier molecular flexibility index (Phi) is 3.96. The summed E-state index contributed by atoms with van der Waals surface area (Å²) in [5.41, 5.74) is 0.697. The zero-order chi connectivity index (χ0) is 13.2. The summed E-state index contributed by atoms with van der Waals surface area (Å²) < 4.78 is 0. The molecule has 0 aliphatic heterocycles. The average Bonchev–Trinajstić information content (AvgIpc) is 2.28. The summed E-state index contributed by atoms with van der Waals surface area (Å²) in [5.74, 6) is 0. The van der Waals surface area contributed by atoms with Crippen LogP contribution in [-0.2, 0) is 12.0 Å². The molecule has 0 radical (unpaired) electrons. The van der Waals surface area contributed by atoms with Crippen molar-refractivity contribution in [2.45, 2.75) is 18.9 Å². The SMILES string of the molecule is CC(O)(Cc1cccc(Cl)c1)c1ccccc1Cl. The van der Waals surface area contributed by atoms with Crippen LogP contribution in [0.3, 0.4) is 0 Å². The van der Waals surface area contributed by atoms with Gasteiger partial charge in [0.05, 0.1) is 5.60 Å². The van der Waals surface area contributed by atoms with Gasteiger partial charge in [0.25, 0.3) is 0 Å². The fourth-order valence-corrected chi connectivity index (χ4v) is 2.59. The molecule has 94 valence electrons. The number of rotatable bonds is 3. The van der Waals surface area contributed by atoms with Crippen molar-refractivity contribution in [3.05, 3.63) is 69.7 Å². The normalized spacial score (nSPS) is 14.2. The number of benzene rings is 2. The molecule has 2 aromatic rings.